The second-order valence-corrected chi connectivity index (χ2v) is 6.68. The van der Waals surface area contributed by atoms with Crippen LogP contribution in [-0.4, -0.2) is 15.5 Å². The number of rotatable bonds is 6. The molecule has 0 spiro atoms. The molecule has 1 aliphatic rings. The van der Waals surface area contributed by atoms with Gasteiger partial charge >= 0.3 is 0 Å². The number of aromatic nitrogens is 2. The van der Waals surface area contributed by atoms with Crippen molar-refractivity contribution < 1.29 is 4.79 Å². The highest BCUT2D eigenvalue weighted by molar-refractivity contribution is 5.91. The lowest BCUT2D eigenvalue weighted by Gasteiger charge is -2.16. The SMILES string of the molecule is O=C(NCc1ccc(Cn2ccnc2)cc1)C1(c2ccccc2)CC1. The van der Waals surface area contributed by atoms with Crippen LogP contribution in [0.3, 0.4) is 0 Å². The van der Waals surface area contributed by atoms with Gasteiger partial charge in [-0.3, -0.25) is 4.79 Å². The molecular weight excluding hydrogens is 310 g/mol. The van der Waals surface area contributed by atoms with Crippen molar-refractivity contribution in [1.29, 1.82) is 0 Å². The van der Waals surface area contributed by atoms with Crippen LogP contribution in [0, 0.1) is 0 Å². The Morgan fingerprint density at radius 1 is 1.04 bits per heavy atom. The summed E-state index contributed by atoms with van der Waals surface area (Å²) in [6, 6.07) is 18.5. The summed E-state index contributed by atoms with van der Waals surface area (Å²) >= 11 is 0. The van der Waals surface area contributed by atoms with E-state index >= 15 is 0 Å². The van der Waals surface area contributed by atoms with E-state index in [1.54, 1.807) is 6.20 Å². The fourth-order valence-corrected chi connectivity index (χ4v) is 3.23. The maximum atomic E-state index is 12.7. The van der Waals surface area contributed by atoms with Gasteiger partial charge in [0.15, 0.2) is 0 Å². The molecule has 1 N–H and O–H groups in total. The Labute approximate surface area is 147 Å². The number of carbonyl (C=O) groups is 1. The lowest BCUT2D eigenvalue weighted by atomic mass is 9.95. The number of hydrogen-bond donors (Lipinski definition) is 1. The fraction of sp³-hybridized carbons (Fsp3) is 0.238. The summed E-state index contributed by atoms with van der Waals surface area (Å²) < 4.78 is 2.04. The van der Waals surface area contributed by atoms with Crippen LogP contribution in [0.25, 0.3) is 0 Å². The van der Waals surface area contributed by atoms with Gasteiger partial charge in [0.25, 0.3) is 0 Å². The second-order valence-electron chi connectivity index (χ2n) is 6.68. The van der Waals surface area contributed by atoms with E-state index in [-0.39, 0.29) is 11.3 Å². The zero-order chi connectivity index (χ0) is 17.1. The molecule has 4 nitrogen and oxygen atoms in total. The molecule has 0 bridgehead atoms. The first-order valence-electron chi connectivity index (χ1n) is 8.64. The summed E-state index contributed by atoms with van der Waals surface area (Å²) in [5, 5.41) is 3.11. The third-order valence-electron chi connectivity index (χ3n) is 4.91. The van der Waals surface area contributed by atoms with Crippen LogP contribution in [0.15, 0.2) is 73.3 Å². The van der Waals surface area contributed by atoms with Gasteiger partial charge in [0.1, 0.15) is 0 Å². The molecule has 4 heteroatoms. The standard InChI is InChI=1S/C21H21N3O/c25-20(21(10-11-21)19-4-2-1-3-5-19)23-14-17-6-8-18(9-7-17)15-24-13-12-22-16-24/h1-9,12-13,16H,10-11,14-15H2,(H,23,25). The molecule has 0 aliphatic heterocycles. The molecule has 1 saturated carbocycles. The van der Waals surface area contributed by atoms with Gasteiger partial charge in [0, 0.05) is 25.5 Å². The molecule has 1 heterocycles. The lowest BCUT2D eigenvalue weighted by molar-refractivity contribution is -0.123. The van der Waals surface area contributed by atoms with Gasteiger partial charge in [0.05, 0.1) is 11.7 Å². The van der Waals surface area contributed by atoms with Crippen LogP contribution in [-0.2, 0) is 23.3 Å². The highest BCUT2D eigenvalue weighted by atomic mass is 16.2. The van der Waals surface area contributed by atoms with Gasteiger partial charge in [-0.1, -0.05) is 54.6 Å². The van der Waals surface area contributed by atoms with Crippen LogP contribution >= 0.6 is 0 Å². The van der Waals surface area contributed by atoms with Gasteiger partial charge in [-0.05, 0) is 29.5 Å². The summed E-state index contributed by atoms with van der Waals surface area (Å²) in [5.41, 5.74) is 3.16. The first-order valence-corrected chi connectivity index (χ1v) is 8.64. The largest absolute Gasteiger partial charge is 0.351 e. The maximum absolute atomic E-state index is 12.7. The Kier molecular flexibility index (Phi) is 4.10. The van der Waals surface area contributed by atoms with Crippen molar-refractivity contribution >= 4 is 5.91 Å². The molecule has 0 radical (unpaired) electrons. The Hall–Kier alpha value is -2.88. The van der Waals surface area contributed by atoms with Gasteiger partial charge in [-0.25, -0.2) is 4.98 Å². The van der Waals surface area contributed by atoms with E-state index in [9.17, 15) is 4.79 Å². The van der Waals surface area contributed by atoms with Crippen molar-refractivity contribution in [3.8, 4) is 0 Å². The highest BCUT2D eigenvalue weighted by Gasteiger charge is 2.50. The predicted octanol–water partition coefficient (Wildman–Crippen LogP) is 3.28. The van der Waals surface area contributed by atoms with Crippen molar-refractivity contribution in [2.75, 3.05) is 0 Å². The summed E-state index contributed by atoms with van der Waals surface area (Å²) in [5.74, 6) is 0.140. The Balaban J connectivity index is 1.36. The maximum Gasteiger partial charge on any atom is 0.230 e. The number of hydrogen-bond acceptors (Lipinski definition) is 2. The second kappa shape index (κ2) is 6.55. The van der Waals surface area contributed by atoms with E-state index in [4.69, 9.17) is 0 Å². The van der Waals surface area contributed by atoms with E-state index in [1.165, 1.54) is 5.56 Å². The van der Waals surface area contributed by atoms with Crippen LogP contribution in [0.4, 0.5) is 0 Å². The normalized spacial score (nSPS) is 14.9. The summed E-state index contributed by atoms with van der Waals surface area (Å²) in [6.07, 6.45) is 7.42. The molecule has 1 amide bonds. The number of carbonyl (C=O) groups excluding carboxylic acids is 1. The first-order chi connectivity index (χ1) is 12.3. The minimum absolute atomic E-state index is 0.140. The van der Waals surface area contributed by atoms with Crippen LogP contribution < -0.4 is 5.32 Å². The molecule has 1 aliphatic carbocycles. The Morgan fingerprint density at radius 2 is 1.76 bits per heavy atom. The number of benzene rings is 2. The van der Waals surface area contributed by atoms with Crippen molar-refractivity contribution in [2.24, 2.45) is 0 Å². The number of imidazole rings is 1. The molecule has 0 saturated heterocycles. The van der Waals surface area contributed by atoms with E-state index in [0.717, 1.165) is 30.5 Å². The zero-order valence-electron chi connectivity index (χ0n) is 14.1. The van der Waals surface area contributed by atoms with E-state index in [1.807, 2.05) is 35.3 Å². The van der Waals surface area contributed by atoms with Crippen molar-refractivity contribution in [2.45, 2.75) is 31.3 Å². The fourth-order valence-electron chi connectivity index (χ4n) is 3.23. The minimum atomic E-state index is -0.303. The lowest BCUT2D eigenvalue weighted by Crippen LogP contribution is -2.34. The highest BCUT2D eigenvalue weighted by Crippen LogP contribution is 2.48. The summed E-state index contributed by atoms with van der Waals surface area (Å²) in [4.78, 5) is 16.7. The van der Waals surface area contributed by atoms with E-state index in [0.29, 0.717) is 6.54 Å². The molecule has 2 aromatic carbocycles. The molecule has 0 atom stereocenters. The third-order valence-corrected chi connectivity index (χ3v) is 4.91. The van der Waals surface area contributed by atoms with E-state index in [2.05, 4.69) is 46.7 Å². The Bertz CT molecular complexity index is 835. The van der Waals surface area contributed by atoms with Gasteiger partial charge < -0.3 is 9.88 Å². The topological polar surface area (TPSA) is 46.9 Å². The summed E-state index contributed by atoms with van der Waals surface area (Å²) in [7, 11) is 0. The molecule has 25 heavy (non-hydrogen) atoms. The average Bonchev–Trinajstić information content (AvgIpc) is 3.32. The van der Waals surface area contributed by atoms with Crippen molar-refractivity contribution in [3.63, 3.8) is 0 Å². The molecule has 3 aromatic rings. The zero-order valence-corrected chi connectivity index (χ0v) is 14.1. The first kappa shape index (κ1) is 15.6. The minimum Gasteiger partial charge on any atom is -0.351 e. The Morgan fingerprint density at radius 3 is 2.40 bits per heavy atom. The number of amides is 1. The smallest absolute Gasteiger partial charge is 0.230 e. The molecule has 1 aromatic heterocycles. The van der Waals surface area contributed by atoms with Crippen LogP contribution in [0.5, 0.6) is 0 Å². The molecule has 126 valence electrons. The number of nitrogens with one attached hydrogen (secondary N) is 1. The van der Waals surface area contributed by atoms with Gasteiger partial charge in [-0.2, -0.15) is 0 Å². The molecular formula is C21H21N3O. The predicted molar refractivity (Wildman–Crippen MR) is 97.0 cm³/mol. The molecule has 0 unspecified atom stereocenters. The van der Waals surface area contributed by atoms with Gasteiger partial charge in [-0.15, -0.1) is 0 Å². The van der Waals surface area contributed by atoms with Gasteiger partial charge in [0.2, 0.25) is 5.91 Å². The average molecular weight is 331 g/mol. The monoisotopic (exact) mass is 331 g/mol. The quantitative estimate of drug-likeness (QED) is 0.753. The third kappa shape index (κ3) is 3.33. The molecule has 4 rings (SSSR count). The molecule has 1 fully saturated rings. The van der Waals surface area contributed by atoms with Crippen LogP contribution in [0.1, 0.15) is 29.5 Å². The summed E-state index contributed by atoms with van der Waals surface area (Å²) in [6.45, 7) is 1.38. The van der Waals surface area contributed by atoms with Crippen molar-refractivity contribution in [3.05, 3.63) is 90.0 Å². The number of nitrogens with zero attached hydrogens (tertiary/aromatic N) is 2. The van der Waals surface area contributed by atoms with Crippen LogP contribution in [0.2, 0.25) is 0 Å². The van der Waals surface area contributed by atoms with Crippen molar-refractivity contribution in [1.82, 2.24) is 14.9 Å². The van der Waals surface area contributed by atoms with E-state index < -0.39 is 0 Å².